The van der Waals surface area contributed by atoms with Gasteiger partial charge in [-0.3, -0.25) is 14.2 Å². The highest BCUT2D eigenvalue weighted by Crippen LogP contribution is 2.40. The second kappa shape index (κ2) is 9.74. The topological polar surface area (TPSA) is 91.7 Å². The first-order valence-electron chi connectivity index (χ1n) is 10.2. The highest BCUT2D eigenvalue weighted by atomic mass is 35.5. The standard InChI is InChI=1S/C24H22ClN3O5S/c1-13-19-23(26-12-28(24(19)30)11-14-7-5-6-8-16(14)25)34-21(13)22(29)27-15-9-17(31-2)20(33-4)18(10-15)32-3/h5-10,12H,11H2,1-4H3,(H,27,29). The van der Waals surface area contributed by atoms with Crippen LogP contribution in [0.4, 0.5) is 5.69 Å². The summed E-state index contributed by atoms with van der Waals surface area (Å²) in [5.74, 6) is 0.875. The van der Waals surface area contributed by atoms with Crippen LogP contribution in [-0.2, 0) is 6.54 Å². The number of aryl methyl sites for hydroxylation is 1. The number of rotatable bonds is 7. The third-order valence-electron chi connectivity index (χ3n) is 5.34. The number of hydrogen-bond donors (Lipinski definition) is 1. The average molecular weight is 500 g/mol. The molecule has 10 heteroatoms. The highest BCUT2D eigenvalue weighted by molar-refractivity contribution is 7.20. The predicted molar refractivity (Wildman–Crippen MR) is 133 cm³/mol. The lowest BCUT2D eigenvalue weighted by molar-refractivity contribution is 0.103. The van der Waals surface area contributed by atoms with Gasteiger partial charge in [0, 0.05) is 22.8 Å². The molecule has 2 aromatic carbocycles. The fourth-order valence-electron chi connectivity index (χ4n) is 3.64. The second-order valence-electron chi connectivity index (χ2n) is 7.37. The number of methoxy groups -OCH3 is 3. The quantitative estimate of drug-likeness (QED) is 0.394. The number of ether oxygens (including phenoxy) is 3. The van der Waals surface area contributed by atoms with E-state index in [1.54, 1.807) is 25.1 Å². The van der Waals surface area contributed by atoms with E-state index in [4.69, 9.17) is 25.8 Å². The Balaban J connectivity index is 1.68. The van der Waals surface area contributed by atoms with Crippen molar-refractivity contribution in [3.05, 3.63) is 74.1 Å². The largest absolute Gasteiger partial charge is 0.493 e. The number of amides is 1. The lowest BCUT2D eigenvalue weighted by atomic mass is 10.2. The zero-order valence-corrected chi connectivity index (χ0v) is 20.5. The van der Waals surface area contributed by atoms with Crippen LogP contribution in [0.2, 0.25) is 5.02 Å². The normalized spacial score (nSPS) is 10.9. The zero-order valence-electron chi connectivity index (χ0n) is 19.0. The molecule has 4 aromatic rings. The van der Waals surface area contributed by atoms with E-state index in [1.165, 1.54) is 32.2 Å². The van der Waals surface area contributed by atoms with Gasteiger partial charge in [0.05, 0.1) is 44.5 Å². The van der Waals surface area contributed by atoms with E-state index in [0.29, 0.717) is 48.6 Å². The molecule has 176 valence electrons. The molecule has 8 nitrogen and oxygen atoms in total. The van der Waals surface area contributed by atoms with Gasteiger partial charge in [0.2, 0.25) is 5.75 Å². The molecule has 0 saturated heterocycles. The minimum Gasteiger partial charge on any atom is -0.493 e. The van der Waals surface area contributed by atoms with E-state index in [0.717, 1.165) is 16.9 Å². The van der Waals surface area contributed by atoms with Gasteiger partial charge in [-0.1, -0.05) is 29.8 Å². The Morgan fingerprint density at radius 2 is 1.79 bits per heavy atom. The van der Waals surface area contributed by atoms with Crippen molar-refractivity contribution in [2.24, 2.45) is 0 Å². The Hall–Kier alpha value is -3.56. The Labute approximate surface area is 204 Å². The number of carbonyl (C=O) groups excluding carboxylic acids is 1. The number of nitrogens with zero attached hydrogens (tertiary/aromatic N) is 2. The molecule has 0 radical (unpaired) electrons. The molecule has 1 N–H and O–H groups in total. The molecule has 0 aliphatic carbocycles. The molecule has 0 aliphatic rings. The molecule has 0 bridgehead atoms. The van der Waals surface area contributed by atoms with Crippen LogP contribution in [0.5, 0.6) is 17.2 Å². The van der Waals surface area contributed by atoms with Gasteiger partial charge < -0.3 is 19.5 Å². The third kappa shape index (κ3) is 4.32. The molecule has 1 amide bonds. The summed E-state index contributed by atoms with van der Waals surface area (Å²) in [6, 6.07) is 10.6. The van der Waals surface area contributed by atoms with Gasteiger partial charge in [0.1, 0.15) is 4.83 Å². The van der Waals surface area contributed by atoms with Crippen molar-refractivity contribution in [3.8, 4) is 17.2 Å². The molecule has 0 fully saturated rings. The average Bonchev–Trinajstić information content (AvgIpc) is 3.18. The number of aromatic nitrogens is 2. The number of hydrogen-bond acceptors (Lipinski definition) is 7. The number of thiophene rings is 1. The zero-order chi connectivity index (χ0) is 24.4. The van der Waals surface area contributed by atoms with Crippen molar-refractivity contribution >= 4 is 44.7 Å². The van der Waals surface area contributed by atoms with Crippen molar-refractivity contribution in [3.63, 3.8) is 0 Å². The minimum absolute atomic E-state index is 0.231. The maximum atomic E-state index is 13.2. The maximum absolute atomic E-state index is 13.2. The van der Waals surface area contributed by atoms with Crippen molar-refractivity contribution in [1.29, 1.82) is 0 Å². The Bertz CT molecular complexity index is 1420. The molecule has 0 saturated carbocycles. The van der Waals surface area contributed by atoms with Crippen molar-refractivity contribution in [1.82, 2.24) is 9.55 Å². The molecule has 0 atom stereocenters. The van der Waals surface area contributed by atoms with E-state index in [1.807, 2.05) is 18.2 Å². The predicted octanol–water partition coefficient (Wildman–Crippen LogP) is 4.75. The van der Waals surface area contributed by atoms with E-state index in [2.05, 4.69) is 10.3 Å². The monoisotopic (exact) mass is 499 g/mol. The molecule has 4 rings (SSSR count). The van der Waals surface area contributed by atoms with Crippen LogP contribution in [0.15, 0.2) is 47.5 Å². The van der Waals surface area contributed by atoms with Gasteiger partial charge in [-0.25, -0.2) is 4.98 Å². The van der Waals surface area contributed by atoms with E-state index in [9.17, 15) is 9.59 Å². The van der Waals surface area contributed by atoms with Gasteiger partial charge in [-0.2, -0.15) is 0 Å². The molecule has 0 aliphatic heterocycles. The number of nitrogens with one attached hydrogen (secondary N) is 1. The molecular formula is C24H22ClN3O5S. The Morgan fingerprint density at radius 1 is 1.12 bits per heavy atom. The van der Waals surface area contributed by atoms with Gasteiger partial charge >= 0.3 is 0 Å². The summed E-state index contributed by atoms with van der Waals surface area (Å²) in [4.78, 5) is 31.6. The fourth-order valence-corrected chi connectivity index (χ4v) is 4.87. The van der Waals surface area contributed by atoms with Crippen molar-refractivity contribution < 1.29 is 19.0 Å². The smallest absolute Gasteiger partial charge is 0.266 e. The number of anilines is 1. The van der Waals surface area contributed by atoms with Crippen LogP contribution in [-0.4, -0.2) is 36.8 Å². The summed E-state index contributed by atoms with van der Waals surface area (Å²) in [6.45, 7) is 2.02. The lowest BCUT2D eigenvalue weighted by Gasteiger charge is -2.14. The lowest BCUT2D eigenvalue weighted by Crippen LogP contribution is -2.21. The van der Waals surface area contributed by atoms with E-state index >= 15 is 0 Å². The third-order valence-corrected chi connectivity index (χ3v) is 6.91. The summed E-state index contributed by atoms with van der Waals surface area (Å²) in [6.07, 6.45) is 1.48. The maximum Gasteiger partial charge on any atom is 0.266 e. The molecular weight excluding hydrogens is 478 g/mol. The number of carbonyl (C=O) groups is 1. The minimum atomic E-state index is -0.369. The van der Waals surface area contributed by atoms with Crippen LogP contribution in [0.3, 0.4) is 0 Å². The summed E-state index contributed by atoms with van der Waals surface area (Å²) in [5, 5.41) is 3.83. The Kier molecular flexibility index (Phi) is 6.76. The van der Waals surface area contributed by atoms with Crippen LogP contribution in [0.25, 0.3) is 10.2 Å². The first-order valence-corrected chi connectivity index (χ1v) is 11.4. The molecule has 2 aromatic heterocycles. The van der Waals surface area contributed by atoms with Gasteiger partial charge in [-0.05, 0) is 24.1 Å². The van der Waals surface area contributed by atoms with Gasteiger partial charge in [-0.15, -0.1) is 11.3 Å². The first kappa shape index (κ1) is 23.6. The second-order valence-corrected chi connectivity index (χ2v) is 8.78. The fraction of sp³-hybridized carbons (Fsp3) is 0.208. The SMILES string of the molecule is COc1cc(NC(=O)c2sc3ncn(Cc4ccccc4Cl)c(=O)c3c2C)cc(OC)c1OC. The summed E-state index contributed by atoms with van der Waals surface area (Å²) < 4.78 is 17.5. The van der Waals surface area contributed by atoms with Gasteiger partial charge in [0.25, 0.3) is 11.5 Å². The number of halogens is 1. The van der Waals surface area contributed by atoms with Crippen LogP contribution >= 0.6 is 22.9 Å². The van der Waals surface area contributed by atoms with E-state index in [-0.39, 0.29) is 18.0 Å². The summed E-state index contributed by atoms with van der Waals surface area (Å²) in [7, 11) is 4.50. The van der Waals surface area contributed by atoms with Crippen molar-refractivity contribution in [2.45, 2.75) is 13.5 Å². The first-order chi connectivity index (χ1) is 16.4. The number of fused-ring (bicyclic) bond motifs is 1. The summed E-state index contributed by atoms with van der Waals surface area (Å²) in [5.41, 5.74) is 1.60. The van der Waals surface area contributed by atoms with Crippen LogP contribution < -0.4 is 25.1 Å². The molecule has 34 heavy (non-hydrogen) atoms. The van der Waals surface area contributed by atoms with Crippen molar-refractivity contribution in [2.75, 3.05) is 26.6 Å². The molecule has 2 heterocycles. The summed E-state index contributed by atoms with van der Waals surface area (Å²) >= 11 is 7.41. The Morgan fingerprint density at radius 3 is 2.41 bits per heavy atom. The van der Waals surface area contributed by atoms with Gasteiger partial charge in [0.15, 0.2) is 11.5 Å². The highest BCUT2D eigenvalue weighted by Gasteiger charge is 2.21. The van der Waals surface area contributed by atoms with Crippen LogP contribution in [0.1, 0.15) is 20.8 Å². The molecule has 0 spiro atoms. The molecule has 0 unspecified atom stereocenters. The number of benzene rings is 2. The van der Waals surface area contributed by atoms with E-state index < -0.39 is 0 Å². The van der Waals surface area contributed by atoms with Crippen LogP contribution in [0, 0.1) is 6.92 Å².